The van der Waals surface area contributed by atoms with Gasteiger partial charge in [-0.15, -0.1) is 0 Å². The van der Waals surface area contributed by atoms with E-state index >= 15 is 0 Å². The smallest absolute Gasteiger partial charge is 0.409 e. The van der Waals surface area contributed by atoms with Crippen LogP contribution in [0.3, 0.4) is 0 Å². The molecule has 1 aliphatic carbocycles. The second-order valence-corrected chi connectivity index (χ2v) is 9.62. The molecule has 0 spiro atoms. The number of rotatable bonds is 5. The van der Waals surface area contributed by atoms with Crippen LogP contribution in [0.1, 0.15) is 40.0 Å². The van der Waals surface area contributed by atoms with Crippen LogP contribution in [0.5, 0.6) is 0 Å². The lowest BCUT2D eigenvalue weighted by atomic mass is 9.75. The van der Waals surface area contributed by atoms with Crippen LogP contribution in [0.4, 0.5) is 10.6 Å². The van der Waals surface area contributed by atoms with E-state index in [1.54, 1.807) is 24.4 Å². The van der Waals surface area contributed by atoms with Crippen LogP contribution in [0.2, 0.25) is 0 Å². The van der Waals surface area contributed by atoms with Gasteiger partial charge in [0.1, 0.15) is 11.9 Å². The Bertz CT molecular complexity index is 581. The standard InChI is InChI=1S/C18H26Cl3N3O2/c1-11(2)13-8-7-12(3)10-14(13)26-17(25)24-16(18(19,20)21)23-15-6-4-5-9-22-15/h4-6,9,11-14,16H,7-8,10H2,1-3H3,(H,22,23)(H,24,25)/t12-,13-,14-,16+/m1/s1. The number of nitrogens with one attached hydrogen (secondary N) is 2. The number of halogens is 3. The Kier molecular flexibility index (Phi) is 7.68. The molecule has 1 aromatic rings. The van der Waals surface area contributed by atoms with Gasteiger partial charge in [-0.1, -0.05) is 68.1 Å². The van der Waals surface area contributed by atoms with Gasteiger partial charge in [0.25, 0.3) is 0 Å². The molecular formula is C18H26Cl3N3O2. The van der Waals surface area contributed by atoms with Gasteiger partial charge in [0.05, 0.1) is 0 Å². The first-order valence-corrected chi connectivity index (χ1v) is 10.0. The van der Waals surface area contributed by atoms with Gasteiger partial charge in [0.15, 0.2) is 6.17 Å². The number of nitrogens with zero attached hydrogens (tertiary/aromatic N) is 1. The third-order valence-corrected chi connectivity index (χ3v) is 5.42. The van der Waals surface area contributed by atoms with Gasteiger partial charge in [-0.25, -0.2) is 9.78 Å². The first kappa shape index (κ1) is 21.4. The summed E-state index contributed by atoms with van der Waals surface area (Å²) < 4.78 is 3.94. The number of aromatic nitrogens is 1. The minimum Gasteiger partial charge on any atom is -0.446 e. The van der Waals surface area contributed by atoms with E-state index in [0.29, 0.717) is 23.6 Å². The van der Waals surface area contributed by atoms with Crippen LogP contribution < -0.4 is 10.6 Å². The van der Waals surface area contributed by atoms with Crippen LogP contribution in [0.25, 0.3) is 0 Å². The van der Waals surface area contributed by atoms with Gasteiger partial charge in [-0.05, 0) is 42.7 Å². The molecule has 1 heterocycles. The number of carbonyl (C=O) groups is 1. The zero-order valence-corrected chi connectivity index (χ0v) is 17.5. The average molecular weight is 423 g/mol. The fourth-order valence-corrected chi connectivity index (χ4v) is 3.66. The van der Waals surface area contributed by atoms with Crippen molar-refractivity contribution in [1.29, 1.82) is 0 Å². The summed E-state index contributed by atoms with van der Waals surface area (Å²) in [5, 5.41) is 5.53. The molecule has 0 aromatic carbocycles. The van der Waals surface area contributed by atoms with Crippen molar-refractivity contribution < 1.29 is 9.53 Å². The Morgan fingerprint density at radius 1 is 1.31 bits per heavy atom. The number of hydrogen-bond acceptors (Lipinski definition) is 4. The Morgan fingerprint density at radius 2 is 2.04 bits per heavy atom. The molecule has 0 saturated heterocycles. The van der Waals surface area contributed by atoms with E-state index in [0.717, 1.165) is 19.3 Å². The van der Waals surface area contributed by atoms with Gasteiger partial charge in [0, 0.05) is 6.20 Å². The van der Waals surface area contributed by atoms with E-state index in [1.807, 2.05) is 0 Å². The molecule has 8 heteroatoms. The number of amides is 1. The lowest BCUT2D eigenvalue weighted by Crippen LogP contribution is -2.51. The topological polar surface area (TPSA) is 63.2 Å². The molecule has 1 fully saturated rings. The molecule has 0 aliphatic heterocycles. The Balaban J connectivity index is 2.01. The highest BCUT2D eigenvalue weighted by molar-refractivity contribution is 6.68. The molecular weight excluding hydrogens is 397 g/mol. The molecule has 0 bridgehead atoms. The zero-order valence-electron chi connectivity index (χ0n) is 15.2. The third-order valence-electron chi connectivity index (χ3n) is 4.77. The molecule has 2 rings (SSSR count). The Hall–Kier alpha value is -0.910. The first-order valence-electron chi connectivity index (χ1n) is 8.88. The van der Waals surface area contributed by atoms with Crippen molar-refractivity contribution in [3.8, 4) is 0 Å². The van der Waals surface area contributed by atoms with Crippen LogP contribution in [-0.2, 0) is 4.74 Å². The molecule has 0 unspecified atom stereocenters. The summed E-state index contributed by atoms with van der Waals surface area (Å²) in [5.41, 5.74) is 0. The maximum absolute atomic E-state index is 12.5. The summed E-state index contributed by atoms with van der Waals surface area (Å²) in [6.07, 6.45) is 2.95. The zero-order chi connectivity index (χ0) is 19.3. The number of pyridine rings is 1. The number of alkyl halides is 3. The fourth-order valence-electron chi connectivity index (χ4n) is 3.34. The molecule has 26 heavy (non-hydrogen) atoms. The Morgan fingerprint density at radius 3 is 2.62 bits per heavy atom. The van der Waals surface area contributed by atoms with Gasteiger partial charge >= 0.3 is 6.09 Å². The largest absolute Gasteiger partial charge is 0.446 e. The van der Waals surface area contributed by atoms with Gasteiger partial charge in [-0.3, -0.25) is 5.32 Å². The van der Waals surface area contributed by atoms with E-state index in [4.69, 9.17) is 39.5 Å². The summed E-state index contributed by atoms with van der Waals surface area (Å²) in [5.74, 6) is 1.79. The molecule has 1 saturated carbocycles. The summed E-state index contributed by atoms with van der Waals surface area (Å²) in [7, 11) is 0. The second-order valence-electron chi connectivity index (χ2n) is 7.25. The van der Waals surface area contributed by atoms with E-state index in [2.05, 4.69) is 36.4 Å². The fraction of sp³-hybridized carbons (Fsp3) is 0.667. The van der Waals surface area contributed by atoms with Crippen molar-refractivity contribution in [1.82, 2.24) is 10.3 Å². The summed E-state index contributed by atoms with van der Waals surface area (Å²) in [4.78, 5) is 16.6. The van der Waals surface area contributed by atoms with Crippen molar-refractivity contribution in [2.24, 2.45) is 17.8 Å². The van der Waals surface area contributed by atoms with E-state index < -0.39 is 16.1 Å². The summed E-state index contributed by atoms with van der Waals surface area (Å²) in [6, 6.07) is 5.28. The second kappa shape index (κ2) is 9.34. The third kappa shape index (κ3) is 6.36. The number of anilines is 1. The predicted molar refractivity (Wildman–Crippen MR) is 107 cm³/mol. The minimum absolute atomic E-state index is 0.135. The summed E-state index contributed by atoms with van der Waals surface area (Å²) >= 11 is 18.0. The first-order chi connectivity index (χ1) is 12.2. The SMILES string of the molecule is CC(C)[C@H]1CC[C@@H](C)C[C@H]1OC(=O)N[C@H](Nc1ccccn1)C(Cl)(Cl)Cl. The quantitative estimate of drug-likeness (QED) is 0.494. The van der Waals surface area contributed by atoms with Gasteiger partial charge in [-0.2, -0.15) is 0 Å². The van der Waals surface area contributed by atoms with E-state index in [1.165, 1.54) is 0 Å². The van der Waals surface area contributed by atoms with E-state index in [9.17, 15) is 4.79 Å². The summed E-state index contributed by atoms with van der Waals surface area (Å²) in [6.45, 7) is 6.49. The highest BCUT2D eigenvalue weighted by atomic mass is 35.6. The van der Waals surface area contributed by atoms with Crippen molar-refractivity contribution in [2.75, 3.05) is 5.32 Å². The molecule has 1 amide bonds. The molecule has 4 atom stereocenters. The molecule has 1 aromatic heterocycles. The maximum atomic E-state index is 12.5. The number of ether oxygens (including phenoxy) is 1. The highest BCUT2D eigenvalue weighted by Gasteiger charge is 2.37. The molecule has 146 valence electrons. The number of alkyl carbamates (subject to hydrolysis) is 1. The average Bonchev–Trinajstić information content (AvgIpc) is 2.54. The van der Waals surface area contributed by atoms with Crippen molar-refractivity contribution >= 4 is 46.7 Å². The van der Waals surface area contributed by atoms with Crippen LogP contribution in [-0.4, -0.2) is 27.1 Å². The lowest BCUT2D eigenvalue weighted by Gasteiger charge is -2.37. The van der Waals surface area contributed by atoms with E-state index in [-0.39, 0.29) is 6.10 Å². The Labute approximate surface area is 170 Å². The van der Waals surface area contributed by atoms with Crippen molar-refractivity contribution in [3.63, 3.8) is 0 Å². The number of hydrogen-bond donors (Lipinski definition) is 2. The van der Waals surface area contributed by atoms with Crippen LogP contribution >= 0.6 is 34.8 Å². The van der Waals surface area contributed by atoms with Crippen molar-refractivity contribution in [3.05, 3.63) is 24.4 Å². The minimum atomic E-state index is -1.77. The van der Waals surface area contributed by atoms with Crippen LogP contribution in [0, 0.1) is 17.8 Å². The van der Waals surface area contributed by atoms with Gasteiger partial charge in [0.2, 0.25) is 3.79 Å². The molecule has 1 aliphatic rings. The lowest BCUT2D eigenvalue weighted by molar-refractivity contribution is 0.00534. The number of carbonyl (C=O) groups excluding carboxylic acids is 1. The molecule has 2 N–H and O–H groups in total. The molecule has 5 nitrogen and oxygen atoms in total. The predicted octanol–water partition coefficient (Wildman–Crippen LogP) is 5.38. The molecule has 0 radical (unpaired) electrons. The van der Waals surface area contributed by atoms with Crippen LogP contribution in [0.15, 0.2) is 24.4 Å². The van der Waals surface area contributed by atoms with Crippen molar-refractivity contribution in [2.45, 2.75) is 56.1 Å². The highest BCUT2D eigenvalue weighted by Crippen LogP contribution is 2.36. The monoisotopic (exact) mass is 421 g/mol. The maximum Gasteiger partial charge on any atom is 0.409 e. The normalized spacial score (nSPS) is 24.8. The van der Waals surface area contributed by atoms with Gasteiger partial charge < -0.3 is 10.1 Å².